The predicted molar refractivity (Wildman–Crippen MR) is 135 cm³/mol. The lowest BCUT2D eigenvalue weighted by molar-refractivity contribution is 0.327. The van der Waals surface area contributed by atoms with E-state index in [1.54, 1.807) is 0 Å². The molecule has 0 heterocycles. The van der Waals surface area contributed by atoms with Crippen molar-refractivity contribution in [2.75, 3.05) is 0 Å². The summed E-state index contributed by atoms with van der Waals surface area (Å²) in [4.78, 5) is 0. The molecule has 0 aliphatic heterocycles. The van der Waals surface area contributed by atoms with Crippen molar-refractivity contribution in [2.45, 2.75) is 128 Å². The van der Waals surface area contributed by atoms with Gasteiger partial charge in [-0.25, -0.2) is 0 Å². The van der Waals surface area contributed by atoms with Crippen LogP contribution in [0.25, 0.3) is 0 Å². The van der Waals surface area contributed by atoms with E-state index in [1.165, 1.54) is 107 Å². The Morgan fingerprint density at radius 1 is 0.643 bits per heavy atom. The van der Waals surface area contributed by atoms with Gasteiger partial charge >= 0.3 is 0 Å². The molecular weight excluding hydrogens is 352 g/mol. The van der Waals surface area contributed by atoms with Crippen molar-refractivity contribution >= 4 is 10.2 Å². The molecule has 0 spiro atoms. The van der Waals surface area contributed by atoms with E-state index in [4.69, 9.17) is 0 Å². The van der Waals surface area contributed by atoms with Crippen LogP contribution in [0.4, 0.5) is 0 Å². The number of rotatable bonds is 22. The summed E-state index contributed by atoms with van der Waals surface area (Å²) in [6.07, 6.45) is 31.3. The Morgan fingerprint density at radius 3 is 1.39 bits per heavy atom. The largest absolute Gasteiger partial charge is 0.103 e. The molecule has 0 aliphatic rings. The molecule has 0 aromatic heterocycles. The molecule has 0 radical (unpaired) electrons. The minimum atomic E-state index is 0.439. The first-order chi connectivity index (χ1) is 13.6. The molecule has 1 heteroatoms. The van der Waals surface area contributed by atoms with Gasteiger partial charge in [0.15, 0.2) is 0 Å². The van der Waals surface area contributed by atoms with Gasteiger partial charge < -0.3 is 0 Å². The van der Waals surface area contributed by atoms with E-state index < -0.39 is 0 Å². The minimum Gasteiger partial charge on any atom is -0.103 e. The van der Waals surface area contributed by atoms with Gasteiger partial charge in [-0.3, -0.25) is 0 Å². The summed E-state index contributed by atoms with van der Waals surface area (Å²) in [5.74, 6) is 0.769. The maximum Gasteiger partial charge on any atom is 0.0118 e. The zero-order valence-corrected chi connectivity index (χ0v) is 21.7. The van der Waals surface area contributed by atoms with Crippen molar-refractivity contribution in [3.05, 3.63) is 38.0 Å². The van der Waals surface area contributed by atoms with Gasteiger partial charge in [0.05, 0.1) is 0 Å². The number of hydrogen-bond acceptors (Lipinski definition) is 0. The highest BCUT2D eigenvalue weighted by Crippen LogP contribution is 2.45. The van der Waals surface area contributed by atoms with Crippen LogP contribution in [0.2, 0.25) is 5.04 Å². The molecule has 1 unspecified atom stereocenters. The molecule has 1 atom stereocenters. The van der Waals surface area contributed by atoms with Crippen LogP contribution in [0.1, 0.15) is 122 Å². The third-order valence-electron chi connectivity index (χ3n) is 6.56. The number of unbranched alkanes of at least 4 members (excludes halogenated alkanes) is 13. The van der Waals surface area contributed by atoms with Crippen molar-refractivity contribution in [1.29, 1.82) is 0 Å². The third-order valence-corrected chi connectivity index (χ3v) is 8.20. The lowest BCUT2D eigenvalue weighted by atomic mass is 9.80. The van der Waals surface area contributed by atoms with Gasteiger partial charge in [0.2, 0.25) is 0 Å². The van der Waals surface area contributed by atoms with Crippen LogP contribution in [0, 0.1) is 5.92 Å². The van der Waals surface area contributed by atoms with E-state index in [-0.39, 0.29) is 0 Å². The Balaban J connectivity index is 3.74. The van der Waals surface area contributed by atoms with Crippen molar-refractivity contribution in [3.8, 4) is 0 Å². The van der Waals surface area contributed by atoms with Crippen LogP contribution >= 0.6 is 0 Å². The summed E-state index contributed by atoms with van der Waals surface area (Å²) in [6.45, 7) is 14.3. The van der Waals surface area contributed by atoms with Gasteiger partial charge in [0.1, 0.15) is 0 Å². The zero-order chi connectivity index (χ0) is 20.9. The van der Waals surface area contributed by atoms with E-state index in [1.807, 2.05) is 0 Å². The average Bonchev–Trinajstić information content (AvgIpc) is 2.67. The number of hydrogen-bond donors (Lipinski definition) is 0. The number of allylic oxidation sites excluding steroid dienone is 3. The summed E-state index contributed by atoms with van der Waals surface area (Å²) in [5, 5.41) is 0.439. The van der Waals surface area contributed by atoms with Crippen LogP contribution in [0.3, 0.4) is 0 Å². The molecule has 0 N–H and O–H groups in total. The van der Waals surface area contributed by atoms with Gasteiger partial charge in [-0.2, -0.15) is 0 Å². The minimum absolute atomic E-state index is 0.439. The van der Waals surface area contributed by atoms with Crippen LogP contribution in [-0.4, -0.2) is 10.2 Å². The molecule has 164 valence electrons. The summed E-state index contributed by atoms with van der Waals surface area (Å²) in [5.41, 5.74) is 0. The molecule has 0 aromatic rings. The van der Waals surface area contributed by atoms with Gasteiger partial charge in [0, 0.05) is 10.2 Å². The van der Waals surface area contributed by atoms with Crippen molar-refractivity contribution in [1.82, 2.24) is 0 Å². The second-order valence-electron chi connectivity index (χ2n) is 9.25. The van der Waals surface area contributed by atoms with Crippen molar-refractivity contribution < 1.29 is 0 Å². The first-order valence-corrected chi connectivity index (χ1v) is 13.5. The zero-order valence-electron chi connectivity index (χ0n) is 19.7. The highest BCUT2D eigenvalue weighted by atomic mass is 28.1. The highest BCUT2D eigenvalue weighted by Gasteiger charge is 2.30. The molecule has 0 saturated heterocycles. The molecular formula is C27H52Si. The Bertz CT molecular complexity index is 360. The Kier molecular flexibility index (Phi) is 19.3. The molecule has 0 rings (SSSR count). The topological polar surface area (TPSA) is 0 Å². The SMILES string of the molecule is C=CCC(CCCCCCCCCCCCCCCC)C([SiH3])(CC=C)CC=C. The van der Waals surface area contributed by atoms with Crippen molar-refractivity contribution in [2.24, 2.45) is 5.92 Å². The fourth-order valence-corrected chi connectivity index (χ4v) is 5.72. The monoisotopic (exact) mass is 404 g/mol. The Morgan fingerprint density at radius 2 is 1.04 bits per heavy atom. The predicted octanol–water partition coefficient (Wildman–Crippen LogP) is 8.73. The summed E-state index contributed by atoms with van der Waals surface area (Å²) in [6, 6.07) is 0. The molecule has 0 aromatic carbocycles. The van der Waals surface area contributed by atoms with Gasteiger partial charge in [-0.05, 0) is 36.6 Å². The Hall–Kier alpha value is -0.563. The smallest absolute Gasteiger partial charge is 0.0118 e. The fraction of sp³-hybridized carbons (Fsp3) is 0.778. The van der Waals surface area contributed by atoms with E-state index in [0.717, 1.165) is 25.2 Å². The molecule has 0 amide bonds. The van der Waals surface area contributed by atoms with Crippen LogP contribution in [0.15, 0.2) is 38.0 Å². The normalized spacial score (nSPS) is 12.8. The maximum atomic E-state index is 4.02. The van der Waals surface area contributed by atoms with E-state index >= 15 is 0 Å². The first kappa shape index (κ1) is 27.4. The molecule has 28 heavy (non-hydrogen) atoms. The van der Waals surface area contributed by atoms with Gasteiger partial charge in [-0.1, -0.05) is 115 Å². The van der Waals surface area contributed by atoms with Crippen LogP contribution < -0.4 is 0 Å². The third kappa shape index (κ3) is 14.4. The fourth-order valence-electron chi connectivity index (χ4n) is 4.61. The quantitative estimate of drug-likeness (QED) is 0.0961. The molecule has 0 aliphatic carbocycles. The summed E-state index contributed by atoms with van der Waals surface area (Å²) < 4.78 is 0. The van der Waals surface area contributed by atoms with Crippen LogP contribution in [0.5, 0.6) is 0 Å². The molecule has 0 nitrogen and oxygen atoms in total. The van der Waals surface area contributed by atoms with E-state index in [0.29, 0.717) is 5.04 Å². The maximum absolute atomic E-state index is 4.02. The van der Waals surface area contributed by atoms with Crippen LogP contribution in [-0.2, 0) is 0 Å². The lowest BCUT2D eigenvalue weighted by Gasteiger charge is -2.36. The highest BCUT2D eigenvalue weighted by molar-refractivity contribution is 6.15. The molecule has 0 fully saturated rings. The summed E-state index contributed by atoms with van der Waals surface area (Å²) in [7, 11) is 1.22. The standard InChI is InChI=1S/C27H52Si/c1-5-9-10-11-12-13-14-15-16-17-18-19-20-21-23-26(22-6-2)27(28,24-7-3)25-8-4/h6-8,26H,2-5,9-25H2,1,28H3. The van der Waals surface area contributed by atoms with E-state index in [9.17, 15) is 0 Å². The summed E-state index contributed by atoms with van der Waals surface area (Å²) >= 11 is 0. The molecule has 0 saturated carbocycles. The second kappa shape index (κ2) is 19.7. The van der Waals surface area contributed by atoms with E-state index in [2.05, 4.69) is 44.9 Å². The van der Waals surface area contributed by atoms with Crippen molar-refractivity contribution in [3.63, 3.8) is 0 Å². The average molecular weight is 405 g/mol. The molecule has 0 bridgehead atoms. The second-order valence-corrected chi connectivity index (χ2v) is 11.2. The first-order valence-electron chi connectivity index (χ1n) is 12.5. The Labute approximate surface area is 181 Å². The lowest BCUT2D eigenvalue weighted by Crippen LogP contribution is -2.23. The van der Waals surface area contributed by atoms with Gasteiger partial charge in [-0.15, -0.1) is 19.7 Å². The van der Waals surface area contributed by atoms with Gasteiger partial charge in [0.25, 0.3) is 0 Å².